The maximum Gasteiger partial charge on any atom is 0.298 e. The Morgan fingerprint density at radius 1 is 1.27 bits per heavy atom. The number of aromatic amines is 1. The van der Waals surface area contributed by atoms with E-state index in [2.05, 4.69) is 15.1 Å². The summed E-state index contributed by atoms with van der Waals surface area (Å²) in [6, 6.07) is 10.8. The molecule has 0 saturated carbocycles. The van der Waals surface area contributed by atoms with Gasteiger partial charge in [-0.25, -0.2) is 4.98 Å². The van der Waals surface area contributed by atoms with Gasteiger partial charge in [0.25, 0.3) is 5.56 Å². The molecule has 7 heteroatoms. The summed E-state index contributed by atoms with van der Waals surface area (Å²) in [5.74, 6) is 0.374. The topological polar surface area (TPSA) is 92.5 Å². The summed E-state index contributed by atoms with van der Waals surface area (Å²) in [5.41, 5.74) is 3.32. The molecule has 0 atom stereocenters. The Labute approximate surface area is 148 Å². The van der Waals surface area contributed by atoms with Crippen molar-refractivity contribution in [3.8, 4) is 11.5 Å². The summed E-state index contributed by atoms with van der Waals surface area (Å²) in [5, 5.41) is 14.9. The van der Waals surface area contributed by atoms with E-state index in [1.807, 2.05) is 25.1 Å². The second-order valence-corrected chi connectivity index (χ2v) is 5.97. The van der Waals surface area contributed by atoms with Crippen molar-refractivity contribution in [1.82, 2.24) is 14.6 Å². The lowest BCUT2D eigenvalue weighted by molar-refractivity contribution is 0.373. The minimum absolute atomic E-state index is 0.00311. The molecule has 2 aromatic carbocycles. The number of benzene rings is 2. The molecule has 2 N–H and O–H groups in total. The van der Waals surface area contributed by atoms with Crippen molar-refractivity contribution in [1.29, 1.82) is 0 Å². The predicted molar refractivity (Wildman–Crippen MR) is 100 cm³/mol. The fourth-order valence-electron chi connectivity index (χ4n) is 2.86. The molecule has 0 spiro atoms. The number of aryl methyl sites for hydroxylation is 1. The van der Waals surface area contributed by atoms with Crippen LogP contribution in [0.5, 0.6) is 11.5 Å². The van der Waals surface area contributed by atoms with Gasteiger partial charge in [-0.3, -0.25) is 4.79 Å². The fourth-order valence-corrected chi connectivity index (χ4v) is 2.86. The van der Waals surface area contributed by atoms with Gasteiger partial charge < -0.3 is 14.8 Å². The van der Waals surface area contributed by atoms with Gasteiger partial charge in [-0.2, -0.15) is 9.78 Å². The van der Waals surface area contributed by atoms with Crippen molar-refractivity contribution in [2.75, 3.05) is 7.11 Å². The number of nitrogens with zero attached hydrogens (tertiary/aromatic N) is 3. The van der Waals surface area contributed by atoms with Gasteiger partial charge >= 0.3 is 0 Å². The quantitative estimate of drug-likeness (QED) is 0.557. The lowest BCUT2D eigenvalue weighted by atomic mass is 10.2. The van der Waals surface area contributed by atoms with E-state index in [4.69, 9.17) is 4.74 Å². The molecule has 0 fully saturated rings. The van der Waals surface area contributed by atoms with E-state index in [-0.39, 0.29) is 11.3 Å². The maximum absolute atomic E-state index is 12.7. The van der Waals surface area contributed by atoms with Crippen molar-refractivity contribution < 1.29 is 9.84 Å². The molecule has 0 aliphatic heterocycles. The number of nitrogens with one attached hydrogen (secondary N) is 1. The molecule has 0 aliphatic rings. The monoisotopic (exact) mass is 348 g/mol. The summed E-state index contributed by atoms with van der Waals surface area (Å²) in [4.78, 5) is 20.2. The number of aromatic hydroxyl groups is 1. The van der Waals surface area contributed by atoms with Crippen LogP contribution in [0.4, 0.5) is 0 Å². The molecule has 0 radical (unpaired) electrons. The Bertz CT molecular complexity index is 1220. The van der Waals surface area contributed by atoms with Crippen LogP contribution in [0.3, 0.4) is 0 Å². The Balaban J connectivity index is 1.77. The lowest BCUT2D eigenvalue weighted by Crippen LogP contribution is -2.17. The van der Waals surface area contributed by atoms with E-state index in [0.29, 0.717) is 22.3 Å². The molecule has 0 amide bonds. The first-order chi connectivity index (χ1) is 12.6. The predicted octanol–water partition coefficient (Wildman–Crippen LogP) is 2.78. The molecule has 130 valence electrons. The number of aromatic nitrogens is 3. The molecular formula is C19H16N4O3. The summed E-state index contributed by atoms with van der Waals surface area (Å²) in [7, 11) is 1.48. The van der Waals surface area contributed by atoms with Gasteiger partial charge in [-0.1, -0.05) is 11.6 Å². The Kier molecular flexibility index (Phi) is 3.69. The highest BCUT2D eigenvalue weighted by atomic mass is 16.5. The number of hydrogen-bond donors (Lipinski definition) is 2. The molecule has 26 heavy (non-hydrogen) atoms. The van der Waals surface area contributed by atoms with Crippen LogP contribution in [0.2, 0.25) is 0 Å². The smallest absolute Gasteiger partial charge is 0.298 e. The van der Waals surface area contributed by atoms with Crippen LogP contribution < -0.4 is 10.3 Å². The van der Waals surface area contributed by atoms with Gasteiger partial charge in [0.15, 0.2) is 11.5 Å². The third-order valence-electron chi connectivity index (χ3n) is 4.18. The zero-order valence-corrected chi connectivity index (χ0v) is 14.2. The SMILES string of the molecule is COc1ccc(/C=N/n2cnc3c([nH]c4ccc(C)cc43)c2=O)cc1O. The lowest BCUT2D eigenvalue weighted by Gasteiger charge is -2.03. The van der Waals surface area contributed by atoms with Crippen LogP contribution in [0, 0.1) is 6.92 Å². The van der Waals surface area contributed by atoms with Crippen molar-refractivity contribution in [3.05, 3.63) is 64.2 Å². The largest absolute Gasteiger partial charge is 0.504 e. The number of rotatable bonds is 3. The first-order valence-corrected chi connectivity index (χ1v) is 7.98. The standard InChI is InChI=1S/C19H16N4O3/c1-11-3-5-14-13(7-11)17-18(22-14)19(25)23(10-20-17)21-9-12-4-6-16(26-2)15(24)8-12/h3-10,22,24H,1-2H3/b21-9+. The highest BCUT2D eigenvalue weighted by Crippen LogP contribution is 2.25. The van der Waals surface area contributed by atoms with Crippen molar-refractivity contribution >= 4 is 28.2 Å². The highest BCUT2D eigenvalue weighted by Gasteiger charge is 2.10. The van der Waals surface area contributed by atoms with Gasteiger partial charge in [0.2, 0.25) is 0 Å². The summed E-state index contributed by atoms with van der Waals surface area (Å²) < 4.78 is 6.16. The van der Waals surface area contributed by atoms with Crippen LogP contribution in [-0.2, 0) is 0 Å². The minimum Gasteiger partial charge on any atom is -0.504 e. The van der Waals surface area contributed by atoms with Gasteiger partial charge in [-0.05, 0) is 42.8 Å². The number of hydrogen-bond acceptors (Lipinski definition) is 5. The van der Waals surface area contributed by atoms with Crippen LogP contribution in [0.25, 0.3) is 21.9 Å². The number of phenolic OH excluding ortho intramolecular Hbond substituents is 1. The average molecular weight is 348 g/mol. The first kappa shape index (κ1) is 15.9. The van der Waals surface area contributed by atoms with Gasteiger partial charge in [0, 0.05) is 10.9 Å². The number of methoxy groups -OCH3 is 1. The van der Waals surface area contributed by atoms with E-state index in [9.17, 15) is 9.90 Å². The number of fused-ring (bicyclic) bond motifs is 3. The normalized spacial score (nSPS) is 11.6. The zero-order valence-electron chi connectivity index (χ0n) is 14.2. The van der Waals surface area contributed by atoms with Gasteiger partial charge in [0.05, 0.1) is 13.3 Å². The van der Waals surface area contributed by atoms with Crippen molar-refractivity contribution in [2.24, 2.45) is 5.10 Å². The molecule has 2 heterocycles. The third kappa shape index (κ3) is 2.59. The molecule has 4 rings (SSSR count). The number of H-pyrrole nitrogens is 1. The molecule has 0 unspecified atom stereocenters. The zero-order chi connectivity index (χ0) is 18.3. The van der Waals surface area contributed by atoms with Crippen LogP contribution >= 0.6 is 0 Å². The Morgan fingerprint density at radius 3 is 2.88 bits per heavy atom. The van der Waals surface area contributed by atoms with E-state index in [1.54, 1.807) is 12.1 Å². The first-order valence-electron chi connectivity index (χ1n) is 7.98. The molecule has 0 bridgehead atoms. The second-order valence-electron chi connectivity index (χ2n) is 5.97. The van der Waals surface area contributed by atoms with Crippen LogP contribution in [-0.4, -0.2) is 33.1 Å². The average Bonchev–Trinajstić information content (AvgIpc) is 3.00. The van der Waals surface area contributed by atoms with Gasteiger partial charge in [0.1, 0.15) is 17.4 Å². The Hall–Kier alpha value is -3.61. The van der Waals surface area contributed by atoms with Gasteiger partial charge in [-0.15, -0.1) is 0 Å². The Morgan fingerprint density at radius 2 is 2.12 bits per heavy atom. The molecule has 0 aliphatic carbocycles. The maximum atomic E-state index is 12.7. The molecule has 4 aromatic rings. The highest BCUT2D eigenvalue weighted by molar-refractivity contribution is 6.04. The number of ether oxygens (including phenoxy) is 1. The fraction of sp³-hybridized carbons (Fsp3) is 0.105. The molecular weight excluding hydrogens is 332 g/mol. The van der Waals surface area contributed by atoms with E-state index >= 15 is 0 Å². The second kappa shape index (κ2) is 6.03. The summed E-state index contributed by atoms with van der Waals surface area (Å²) in [6.45, 7) is 1.99. The summed E-state index contributed by atoms with van der Waals surface area (Å²) >= 11 is 0. The van der Waals surface area contributed by atoms with Crippen LogP contribution in [0.15, 0.2) is 52.6 Å². The van der Waals surface area contributed by atoms with E-state index in [1.165, 1.54) is 25.7 Å². The van der Waals surface area contributed by atoms with E-state index in [0.717, 1.165) is 21.1 Å². The van der Waals surface area contributed by atoms with E-state index < -0.39 is 0 Å². The number of phenols is 1. The van der Waals surface area contributed by atoms with Crippen molar-refractivity contribution in [3.63, 3.8) is 0 Å². The third-order valence-corrected chi connectivity index (χ3v) is 4.18. The molecule has 7 nitrogen and oxygen atoms in total. The van der Waals surface area contributed by atoms with Crippen LogP contribution in [0.1, 0.15) is 11.1 Å². The molecule has 0 saturated heterocycles. The van der Waals surface area contributed by atoms with Crippen molar-refractivity contribution in [2.45, 2.75) is 6.92 Å². The summed E-state index contributed by atoms with van der Waals surface area (Å²) in [6.07, 6.45) is 2.86. The minimum atomic E-state index is -0.294. The molecule has 2 aromatic heterocycles.